The van der Waals surface area contributed by atoms with Gasteiger partial charge in [-0.05, 0) is 18.2 Å². The number of carbonyl (C=O) groups is 2. The highest BCUT2D eigenvalue weighted by Gasteiger charge is 2.13. The highest BCUT2D eigenvalue weighted by molar-refractivity contribution is 5.91. The first-order valence-electron chi connectivity index (χ1n) is 4.37. The molecule has 0 aromatic heterocycles. The second-order valence-corrected chi connectivity index (χ2v) is 2.92. The molecule has 0 spiro atoms. The van der Waals surface area contributed by atoms with E-state index in [1.807, 2.05) is 0 Å². The lowest BCUT2D eigenvalue weighted by atomic mass is 10.2. The van der Waals surface area contributed by atoms with Crippen molar-refractivity contribution in [1.29, 1.82) is 0 Å². The highest BCUT2D eigenvalue weighted by Crippen LogP contribution is 2.24. The van der Waals surface area contributed by atoms with Gasteiger partial charge >= 0.3 is 5.97 Å². The van der Waals surface area contributed by atoms with Gasteiger partial charge in [-0.2, -0.15) is 0 Å². The number of primary amides is 1. The van der Waals surface area contributed by atoms with E-state index >= 15 is 0 Å². The lowest BCUT2D eigenvalue weighted by molar-refractivity contribution is -0.119. The van der Waals surface area contributed by atoms with Crippen molar-refractivity contribution < 1.29 is 24.2 Å². The van der Waals surface area contributed by atoms with Gasteiger partial charge in [-0.3, -0.25) is 4.79 Å². The Balaban J connectivity index is 2.98. The van der Waals surface area contributed by atoms with Crippen LogP contribution in [0.15, 0.2) is 18.2 Å². The maximum Gasteiger partial charge on any atom is 0.339 e. The number of hydrogen-bond donors (Lipinski definition) is 2. The zero-order chi connectivity index (χ0) is 12.1. The van der Waals surface area contributed by atoms with E-state index in [0.717, 1.165) is 0 Å². The number of amides is 1. The van der Waals surface area contributed by atoms with Crippen LogP contribution in [-0.2, 0) is 4.79 Å². The molecule has 0 saturated heterocycles. The molecular formula is C10H11NO5. The normalized spacial score (nSPS) is 9.56. The van der Waals surface area contributed by atoms with Gasteiger partial charge in [0.15, 0.2) is 6.61 Å². The molecule has 0 aliphatic rings. The molecule has 86 valence electrons. The van der Waals surface area contributed by atoms with Gasteiger partial charge in [0, 0.05) is 0 Å². The van der Waals surface area contributed by atoms with Crippen LogP contribution in [0, 0.1) is 0 Å². The van der Waals surface area contributed by atoms with Crippen LogP contribution in [0.3, 0.4) is 0 Å². The first-order chi connectivity index (χ1) is 7.54. The fourth-order valence-corrected chi connectivity index (χ4v) is 1.08. The molecule has 0 unspecified atom stereocenters. The first-order valence-corrected chi connectivity index (χ1v) is 4.37. The molecule has 0 atom stereocenters. The lowest BCUT2D eigenvalue weighted by Gasteiger charge is -2.08. The monoisotopic (exact) mass is 225 g/mol. The van der Waals surface area contributed by atoms with Crippen molar-refractivity contribution in [3.8, 4) is 11.5 Å². The number of nitrogens with two attached hydrogens (primary N) is 1. The number of ether oxygens (including phenoxy) is 2. The van der Waals surface area contributed by atoms with Gasteiger partial charge < -0.3 is 20.3 Å². The molecular weight excluding hydrogens is 214 g/mol. The van der Waals surface area contributed by atoms with Crippen LogP contribution in [0.2, 0.25) is 0 Å². The Morgan fingerprint density at radius 1 is 1.44 bits per heavy atom. The average molecular weight is 225 g/mol. The van der Waals surface area contributed by atoms with Gasteiger partial charge in [0.05, 0.1) is 7.11 Å². The van der Waals surface area contributed by atoms with Crippen molar-refractivity contribution in [1.82, 2.24) is 0 Å². The average Bonchev–Trinajstić information content (AvgIpc) is 2.25. The molecule has 0 aliphatic carbocycles. The standard InChI is InChI=1S/C10H11NO5/c1-15-6-2-3-8(16-5-9(11)12)7(4-6)10(13)14/h2-4H,5H2,1H3,(H2,11,12)(H,13,14). The van der Waals surface area contributed by atoms with E-state index in [1.54, 1.807) is 0 Å². The van der Waals surface area contributed by atoms with Crippen molar-refractivity contribution in [2.24, 2.45) is 5.73 Å². The predicted molar refractivity (Wildman–Crippen MR) is 54.6 cm³/mol. The zero-order valence-electron chi connectivity index (χ0n) is 8.60. The SMILES string of the molecule is COc1ccc(OCC(N)=O)c(C(=O)O)c1. The minimum absolute atomic E-state index is 0.0760. The molecule has 0 aliphatic heterocycles. The second kappa shape index (κ2) is 5.01. The number of carboxylic acids is 1. The summed E-state index contributed by atoms with van der Waals surface area (Å²) in [6.45, 7) is -0.368. The smallest absolute Gasteiger partial charge is 0.339 e. The number of carboxylic acid groups (broad SMARTS) is 1. The minimum atomic E-state index is -1.17. The first kappa shape index (κ1) is 11.8. The maximum absolute atomic E-state index is 10.9. The largest absolute Gasteiger partial charge is 0.497 e. The summed E-state index contributed by atoms with van der Waals surface area (Å²) < 4.78 is 9.82. The van der Waals surface area contributed by atoms with Crippen molar-refractivity contribution in [3.63, 3.8) is 0 Å². The summed E-state index contributed by atoms with van der Waals surface area (Å²) >= 11 is 0. The molecule has 6 nitrogen and oxygen atoms in total. The minimum Gasteiger partial charge on any atom is -0.497 e. The van der Waals surface area contributed by atoms with Crippen molar-refractivity contribution >= 4 is 11.9 Å². The molecule has 3 N–H and O–H groups in total. The van der Waals surface area contributed by atoms with E-state index in [4.69, 9.17) is 20.3 Å². The molecule has 0 fully saturated rings. The topological polar surface area (TPSA) is 98.9 Å². The summed E-state index contributed by atoms with van der Waals surface area (Å²) in [6.07, 6.45) is 0. The Labute approximate surface area is 91.6 Å². The van der Waals surface area contributed by atoms with Gasteiger partial charge in [-0.1, -0.05) is 0 Å². The number of carbonyl (C=O) groups excluding carboxylic acids is 1. The van der Waals surface area contributed by atoms with E-state index in [0.29, 0.717) is 5.75 Å². The van der Waals surface area contributed by atoms with E-state index in [2.05, 4.69) is 0 Å². The van der Waals surface area contributed by atoms with E-state index in [9.17, 15) is 9.59 Å². The van der Waals surface area contributed by atoms with Crippen molar-refractivity contribution in [3.05, 3.63) is 23.8 Å². The van der Waals surface area contributed by atoms with Gasteiger partial charge in [0.1, 0.15) is 17.1 Å². The Morgan fingerprint density at radius 3 is 2.62 bits per heavy atom. The number of rotatable bonds is 5. The lowest BCUT2D eigenvalue weighted by Crippen LogP contribution is -2.20. The molecule has 0 bridgehead atoms. The molecule has 1 aromatic rings. The summed E-state index contributed by atoms with van der Waals surface area (Å²) in [6, 6.07) is 4.24. The summed E-state index contributed by atoms with van der Waals surface area (Å²) in [4.78, 5) is 21.4. The Kier molecular flexibility index (Phi) is 3.71. The number of hydrogen-bond acceptors (Lipinski definition) is 4. The zero-order valence-corrected chi connectivity index (χ0v) is 8.60. The van der Waals surface area contributed by atoms with Crippen LogP contribution in [0.25, 0.3) is 0 Å². The van der Waals surface area contributed by atoms with Crippen LogP contribution < -0.4 is 15.2 Å². The van der Waals surface area contributed by atoms with E-state index < -0.39 is 11.9 Å². The van der Waals surface area contributed by atoms with E-state index in [1.165, 1.54) is 25.3 Å². The molecule has 1 aromatic carbocycles. The summed E-state index contributed by atoms with van der Waals surface area (Å²) in [7, 11) is 1.42. The maximum atomic E-state index is 10.9. The Bertz CT molecular complexity index is 416. The molecule has 6 heteroatoms. The van der Waals surface area contributed by atoms with Crippen LogP contribution in [0.1, 0.15) is 10.4 Å². The molecule has 16 heavy (non-hydrogen) atoms. The molecule has 0 radical (unpaired) electrons. The third-order valence-electron chi connectivity index (χ3n) is 1.79. The van der Waals surface area contributed by atoms with Crippen molar-refractivity contribution in [2.75, 3.05) is 13.7 Å². The number of methoxy groups -OCH3 is 1. The van der Waals surface area contributed by atoms with Gasteiger partial charge in [0.2, 0.25) is 0 Å². The molecule has 0 saturated carbocycles. The van der Waals surface area contributed by atoms with Crippen LogP contribution in [0.5, 0.6) is 11.5 Å². The van der Waals surface area contributed by atoms with E-state index in [-0.39, 0.29) is 17.9 Å². The Morgan fingerprint density at radius 2 is 2.12 bits per heavy atom. The highest BCUT2D eigenvalue weighted by atomic mass is 16.5. The van der Waals surface area contributed by atoms with Gasteiger partial charge in [0.25, 0.3) is 5.91 Å². The third kappa shape index (κ3) is 2.88. The Hall–Kier alpha value is -2.24. The van der Waals surface area contributed by atoms with Crippen LogP contribution in [0.4, 0.5) is 0 Å². The fraction of sp³-hybridized carbons (Fsp3) is 0.200. The van der Waals surface area contributed by atoms with Crippen LogP contribution in [-0.4, -0.2) is 30.7 Å². The summed E-state index contributed by atoms with van der Waals surface area (Å²) in [5.74, 6) is -1.37. The molecule has 1 amide bonds. The van der Waals surface area contributed by atoms with Crippen LogP contribution >= 0.6 is 0 Å². The quantitative estimate of drug-likeness (QED) is 0.748. The summed E-state index contributed by atoms with van der Waals surface area (Å²) in [5, 5.41) is 8.90. The molecule has 1 rings (SSSR count). The molecule has 0 heterocycles. The predicted octanol–water partition coefficient (Wildman–Crippen LogP) is 0.258. The second-order valence-electron chi connectivity index (χ2n) is 2.92. The summed E-state index contributed by atoms with van der Waals surface area (Å²) in [5.41, 5.74) is 4.80. The van der Waals surface area contributed by atoms with Gasteiger partial charge in [-0.25, -0.2) is 4.79 Å². The number of aromatic carboxylic acids is 1. The van der Waals surface area contributed by atoms with Gasteiger partial charge in [-0.15, -0.1) is 0 Å². The van der Waals surface area contributed by atoms with Crippen molar-refractivity contribution in [2.45, 2.75) is 0 Å². The fourth-order valence-electron chi connectivity index (χ4n) is 1.08. The third-order valence-corrected chi connectivity index (χ3v) is 1.79. The number of benzene rings is 1.